The van der Waals surface area contributed by atoms with Gasteiger partial charge in [0.2, 0.25) is 0 Å². The number of nitrogens with one attached hydrogen (secondary N) is 1. The SMILES string of the molecule is Cc1ccc(OCCSc2nnc(-c3cccc(NC(=O)c4ccccc4F)c3)n2C)cc1C. The molecule has 0 atom stereocenters. The van der Waals surface area contributed by atoms with E-state index < -0.39 is 11.7 Å². The van der Waals surface area contributed by atoms with Gasteiger partial charge in [-0.2, -0.15) is 0 Å². The molecule has 0 saturated heterocycles. The minimum atomic E-state index is -0.562. The summed E-state index contributed by atoms with van der Waals surface area (Å²) in [4.78, 5) is 12.4. The van der Waals surface area contributed by atoms with E-state index in [9.17, 15) is 9.18 Å². The summed E-state index contributed by atoms with van der Waals surface area (Å²) in [5.41, 5.74) is 3.78. The predicted octanol–water partition coefficient (Wildman–Crippen LogP) is 5.66. The highest BCUT2D eigenvalue weighted by molar-refractivity contribution is 7.99. The van der Waals surface area contributed by atoms with E-state index in [0.29, 0.717) is 18.1 Å². The van der Waals surface area contributed by atoms with Gasteiger partial charge in [-0.05, 0) is 61.4 Å². The average Bonchev–Trinajstić information content (AvgIpc) is 3.19. The van der Waals surface area contributed by atoms with Crippen LogP contribution in [-0.2, 0) is 7.05 Å². The van der Waals surface area contributed by atoms with Crippen LogP contribution in [0.2, 0.25) is 0 Å². The molecular weight excluding hydrogens is 451 g/mol. The minimum Gasteiger partial charge on any atom is -0.493 e. The molecule has 4 aromatic rings. The Hall–Kier alpha value is -3.65. The molecule has 8 heteroatoms. The van der Waals surface area contributed by atoms with Crippen LogP contribution in [0, 0.1) is 19.7 Å². The Labute approximate surface area is 202 Å². The molecule has 0 aliphatic rings. The third kappa shape index (κ3) is 5.46. The van der Waals surface area contributed by atoms with Crippen LogP contribution in [0.4, 0.5) is 10.1 Å². The van der Waals surface area contributed by atoms with Gasteiger partial charge in [0.1, 0.15) is 11.6 Å². The molecule has 34 heavy (non-hydrogen) atoms. The van der Waals surface area contributed by atoms with Gasteiger partial charge in [0.05, 0.1) is 12.2 Å². The highest BCUT2D eigenvalue weighted by atomic mass is 32.2. The number of aryl methyl sites for hydroxylation is 2. The van der Waals surface area contributed by atoms with Crippen LogP contribution in [-0.4, -0.2) is 33.0 Å². The fraction of sp³-hybridized carbons (Fsp3) is 0.192. The van der Waals surface area contributed by atoms with Crippen LogP contribution < -0.4 is 10.1 Å². The lowest BCUT2D eigenvalue weighted by molar-refractivity contribution is 0.102. The Kier molecular flexibility index (Phi) is 7.27. The molecule has 174 valence electrons. The number of nitrogens with zero attached hydrogens (tertiary/aromatic N) is 3. The molecule has 0 aliphatic heterocycles. The fourth-order valence-corrected chi connectivity index (χ4v) is 4.10. The maximum absolute atomic E-state index is 13.9. The van der Waals surface area contributed by atoms with E-state index in [1.165, 1.54) is 23.3 Å². The van der Waals surface area contributed by atoms with E-state index in [4.69, 9.17) is 4.74 Å². The number of carbonyl (C=O) groups excluding carboxylic acids is 1. The number of amides is 1. The van der Waals surface area contributed by atoms with E-state index in [1.54, 1.807) is 36.0 Å². The van der Waals surface area contributed by atoms with Crippen molar-refractivity contribution in [2.45, 2.75) is 19.0 Å². The molecule has 0 saturated carbocycles. The van der Waals surface area contributed by atoms with Crippen molar-refractivity contribution in [2.75, 3.05) is 17.7 Å². The van der Waals surface area contributed by atoms with Crippen molar-refractivity contribution < 1.29 is 13.9 Å². The van der Waals surface area contributed by atoms with Crippen LogP contribution in [0.1, 0.15) is 21.5 Å². The summed E-state index contributed by atoms with van der Waals surface area (Å²) in [5.74, 6) is 1.18. The largest absolute Gasteiger partial charge is 0.493 e. The quantitative estimate of drug-likeness (QED) is 0.262. The monoisotopic (exact) mass is 476 g/mol. The molecule has 0 spiro atoms. The molecule has 0 aliphatic carbocycles. The molecule has 1 heterocycles. The second kappa shape index (κ2) is 10.5. The molecule has 0 radical (unpaired) electrons. The summed E-state index contributed by atoms with van der Waals surface area (Å²) in [6.45, 7) is 4.69. The Morgan fingerprint density at radius 1 is 1.03 bits per heavy atom. The smallest absolute Gasteiger partial charge is 0.258 e. The van der Waals surface area contributed by atoms with Gasteiger partial charge in [0.15, 0.2) is 11.0 Å². The Bertz CT molecular complexity index is 1320. The van der Waals surface area contributed by atoms with Gasteiger partial charge in [-0.15, -0.1) is 10.2 Å². The second-order valence-corrected chi connectivity index (χ2v) is 8.89. The molecular formula is C26H25FN4O2S. The van der Waals surface area contributed by atoms with Crippen molar-refractivity contribution in [1.82, 2.24) is 14.8 Å². The Morgan fingerprint density at radius 2 is 1.85 bits per heavy atom. The standard InChI is InChI=1S/C26H25FN4O2S/c1-17-11-12-21(15-18(17)2)33-13-14-34-26-30-29-24(31(26)3)19-7-6-8-20(16-19)28-25(32)22-9-4-5-10-23(22)27/h4-12,15-16H,13-14H2,1-3H3,(H,28,32). The van der Waals surface area contributed by atoms with Crippen molar-refractivity contribution >= 4 is 23.4 Å². The van der Waals surface area contributed by atoms with E-state index in [2.05, 4.69) is 35.4 Å². The summed E-state index contributed by atoms with van der Waals surface area (Å²) < 4.78 is 21.7. The first-order valence-corrected chi connectivity index (χ1v) is 11.8. The maximum Gasteiger partial charge on any atom is 0.258 e. The number of ether oxygens (including phenoxy) is 1. The lowest BCUT2D eigenvalue weighted by Gasteiger charge is -2.09. The van der Waals surface area contributed by atoms with Crippen LogP contribution in [0.15, 0.2) is 71.9 Å². The minimum absolute atomic E-state index is 0.00624. The number of aromatic nitrogens is 3. The van der Waals surface area contributed by atoms with Gasteiger partial charge in [-0.25, -0.2) is 4.39 Å². The Balaban J connectivity index is 1.38. The van der Waals surface area contributed by atoms with Crippen molar-refractivity contribution in [2.24, 2.45) is 7.05 Å². The number of thioether (sulfide) groups is 1. The molecule has 1 aromatic heterocycles. The zero-order valence-corrected chi connectivity index (χ0v) is 20.0. The molecule has 1 N–H and O–H groups in total. The number of carbonyl (C=O) groups is 1. The molecule has 1 amide bonds. The van der Waals surface area contributed by atoms with E-state index in [-0.39, 0.29) is 5.56 Å². The van der Waals surface area contributed by atoms with Crippen LogP contribution in [0.5, 0.6) is 5.75 Å². The second-order valence-electron chi connectivity index (χ2n) is 7.82. The van der Waals surface area contributed by atoms with Gasteiger partial charge < -0.3 is 14.6 Å². The predicted molar refractivity (Wildman–Crippen MR) is 133 cm³/mol. The fourth-order valence-electron chi connectivity index (χ4n) is 3.37. The van der Waals surface area contributed by atoms with Crippen LogP contribution in [0.3, 0.4) is 0 Å². The van der Waals surface area contributed by atoms with Crippen molar-refractivity contribution in [3.63, 3.8) is 0 Å². The summed E-state index contributed by atoms with van der Waals surface area (Å²) in [6, 6.07) is 19.2. The molecule has 0 fully saturated rings. The summed E-state index contributed by atoms with van der Waals surface area (Å²) in [6.07, 6.45) is 0. The summed E-state index contributed by atoms with van der Waals surface area (Å²) in [5, 5.41) is 12.1. The van der Waals surface area contributed by atoms with Crippen molar-refractivity contribution in [1.29, 1.82) is 0 Å². The van der Waals surface area contributed by atoms with Gasteiger partial charge in [0, 0.05) is 24.1 Å². The number of hydrogen-bond acceptors (Lipinski definition) is 5. The number of benzene rings is 3. The number of hydrogen-bond donors (Lipinski definition) is 1. The number of anilines is 1. The number of rotatable bonds is 8. The lowest BCUT2D eigenvalue weighted by atomic mass is 10.1. The topological polar surface area (TPSA) is 69.0 Å². The first-order valence-electron chi connectivity index (χ1n) is 10.8. The van der Waals surface area contributed by atoms with E-state index >= 15 is 0 Å². The van der Waals surface area contributed by atoms with Crippen LogP contribution >= 0.6 is 11.8 Å². The van der Waals surface area contributed by atoms with Crippen molar-refractivity contribution in [3.05, 3.63) is 89.2 Å². The van der Waals surface area contributed by atoms with Crippen molar-refractivity contribution in [3.8, 4) is 17.1 Å². The zero-order valence-electron chi connectivity index (χ0n) is 19.2. The van der Waals surface area contributed by atoms with Crippen LogP contribution in [0.25, 0.3) is 11.4 Å². The molecule has 6 nitrogen and oxygen atoms in total. The zero-order chi connectivity index (χ0) is 24.1. The van der Waals surface area contributed by atoms with Gasteiger partial charge in [0.25, 0.3) is 5.91 Å². The molecule has 3 aromatic carbocycles. The average molecular weight is 477 g/mol. The first-order chi connectivity index (χ1) is 16.4. The molecule has 4 rings (SSSR count). The number of halogens is 1. The highest BCUT2D eigenvalue weighted by Crippen LogP contribution is 2.25. The molecule has 0 bridgehead atoms. The Morgan fingerprint density at radius 3 is 2.65 bits per heavy atom. The normalized spacial score (nSPS) is 10.8. The maximum atomic E-state index is 13.9. The van der Waals surface area contributed by atoms with Gasteiger partial charge in [-0.1, -0.05) is 42.1 Å². The molecule has 0 unspecified atom stereocenters. The van der Waals surface area contributed by atoms with E-state index in [1.807, 2.05) is 35.9 Å². The lowest BCUT2D eigenvalue weighted by Crippen LogP contribution is -2.13. The summed E-state index contributed by atoms with van der Waals surface area (Å²) >= 11 is 1.56. The third-order valence-corrected chi connectivity index (χ3v) is 6.38. The third-order valence-electron chi connectivity index (χ3n) is 5.39. The first kappa shape index (κ1) is 23.5. The highest BCUT2D eigenvalue weighted by Gasteiger charge is 2.14. The van der Waals surface area contributed by atoms with Gasteiger partial charge >= 0.3 is 0 Å². The van der Waals surface area contributed by atoms with E-state index in [0.717, 1.165) is 22.2 Å². The van der Waals surface area contributed by atoms with Gasteiger partial charge in [-0.3, -0.25) is 4.79 Å². The summed E-state index contributed by atoms with van der Waals surface area (Å²) in [7, 11) is 1.90.